The van der Waals surface area contributed by atoms with Crippen LogP contribution in [0.3, 0.4) is 0 Å². The number of hydrogen-bond acceptors (Lipinski definition) is 3. The van der Waals surface area contributed by atoms with Gasteiger partial charge < -0.3 is 14.8 Å². The van der Waals surface area contributed by atoms with Crippen molar-refractivity contribution < 1.29 is 14.3 Å². The Morgan fingerprint density at radius 3 is 2.41 bits per heavy atom. The molecule has 22 heavy (non-hydrogen) atoms. The fourth-order valence-electron chi connectivity index (χ4n) is 2.90. The second kappa shape index (κ2) is 6.10. The maximum absolute atomic E-state index is 12.5. The van der Waals surface area contributed by atoms with Crippen molar-refractivity contribution in [3.05, 3.63) is 53.6 Å². The first-order valence-electron chi connectivity index (χ1n) is 7.33. The van der Waals surface area contributed by atoms with Crippen LogP contribution >= 0.6 is 0 Å². The van der Waals surface area contributed by atoms with E-state index in [1.807, 2.05) is 42.5 Å². The van der Waals surface area contributed by atoms with Gasteiger partial charge in [-0.1, -0.05) is 30.3 Å². The molecule has 1 aliphatic rings. The SMILES string of the molecule is COc1cc2c(cc1OC)NC(=O)[C@H](c1ccccc1)CC2. The third kappa shape index (κ3) is 2.64. The van der Waals surface area contributed by atoms with Crippen LogP contribution in [-0.2, 0) is 11.2 Å². The van der Waals surface area contributed by atoms with Gasteiger partial charge in [0, 0.05) is 11.8 Å². The van der Waals surface area contributed by atoms with Crippen LogP contribution in [0, 0.1) is 0 Å². The lowest BCUT2D eigenvalue weighted by Crippen LogP contribution is -2.19. The molecule has 0 fully saturated rings. The molecular formula is C18H19NO3. The Morgan fingerprint density at radius 1 is 1.05 bits per heavy atom. The second-order valence-electron chi connectivity index (χ2n) is 5.36. The number of fused-ring (bicyclic) bond motifs is 1. The van der Waals surface area contributed by atoms with Gasteiger partial charge >= 0.3 is 0 Å². The number of carbonyl (C=O) groups excluding carboxylic acids is 1. The van der Waals surface area contributed by atoms with Gasteiger partial charge in [-0.05, 0) is 30.0 Å². The zero-order valence-electron chi connectivity index (χ0n) is 12.8. The van der Waals surface area contributed by atoms with Gasteiger partial charge in [-0.25, -0.2) is 0 Å². The maximum atomic E-state index is 12.5. The number of nitrogens with one attached hydrogen (secondary N) is 1. The van der Waals surface area contributed by atoms with Gasteiger partial charge in [0.2, 0.25) is 5.91 Å². The topological polar surface area (TPSA) is 47.6 Å². The summed E-state index contributed by atoms with van der Waals surface area (Å²) < 4.78 is 10.7. The molecule has 0 bridgehead atoms. The molecule has 1 atom stereocenters. The van der Waals surface area contributed by atoms with Crippen molar-refractivity contribution in [3.63, 3.8) is 0 Å². The monoisotopic (exact) mass is 297 g/mol. The number of benzene rings is 2. The van der Waals surface area contributed by atoms with E-state index in [0.29, 0.717) is 11.5 Å². The van der Waals surface area contributed by atoms with E-state index >= 15 is 0 Å². The second-order valence-corrected chi connectivity index (χ2v) is 5.36. The Kier molecular flexibility index (Phi) is 4.00. The molecule has 1 aliphatic heterocycles. The van der Waals surface area contributed by atoms with E-state index in [1.54, 1.807) is 14.2 Å². The number of carbonyl (C=O) groups is 1. The summed E-state index contributed by atoms with van der Waals surface area (Å²) in [7, 11) is 3.21. The van der Waals surface area contributed by atoms with E-state index in [0.717, 1.165) is 29.7 Å². The fourth-order valence-corrected chi connectivity index (χ4v) is 2.90. The lowest BCUT2D eigenvalue weighted by Gasteiger charge is -2.14. The molecule has 3 rings (SSSR count). The predicted molar refractivity (Wildman–Crippen MR) is 85.7 cm³/mol. The van der Waals surface area contributed by atoms with E-state index in [-0.39, 0.29) is 11.8 Å². The Hall–Kier alpha value is -2.49. The first kappa shape index (κ1) is 14.4. The Bertz CT molecular complexity index is 682. The fraction of sp³-hybridized carbons (Fsp3) is 0.278. The highest BCUT2D eigenvalue weighted by Gasteiger charge is 2.26. The van der Waals surface area contributed by atoms with Crippen molar-refractivity contribution in [3.8, 4) is 11.5 Å². The van der Waals surface area contributed by atoms with Crippen LogP contribution in [0.1, 0.15) is 23.5 Å². The number of hydrogen-bond donors (Lipinski definition) is 1. The van der Waals surface area contributed by atoms with Gasteiger partial charge in [0.25, 0.3) is 0 Å². The summed E-state index contributed by atoms with van der Waals surface area (Å²) in [6.45, 7) is 0. The number of amides is 1. The lowest BCUT2D eigenvalue weighted by atomic mass is 9.93. The predicted octanol–water partition coefficient (Wildman–Crippen LogP) is 3.37. The highest BCUT2D eigenvalue weighted by Crippen LogP contribution is 2.37. The van der Waals surface area contributed by atoms with Crippen molar-refractivity contribution >= 4 is 11.6 Å². The summed E-state index contributed by atoms with van der Waals surface area (Å²) in [6.07, 6.45) is 1.59. The molecule has 1 N–H and O–H groups in total. The summed E-state index contributed by atoms with van der Waals surface area (Å²) >= 11 is 0. The van der Waals surface area contributed by atoms with Crippen LogP contribution in [0.4, 0.5) is 5.69 Å². The first-order valence-corrected chi connectivity index (χ1v) is 7.33. The number of anilines is 1. The molecule has 0 spiro atoms. The molecule has 4 heteroatoms. The molecule has 1 amide bonds. The minimum absolute atomic E-state index is 0.0252. The minimum atomic E-state index is -0.134. The normalized spacial score (nSPS) is 17.2. The summed E-state index contributed by atoms with van der Waals surface area (Å²) in [4.78, 5) is 12.5. The van der Waals surface area contributed by atoms with Crippen LogP contribution in [0.2, 0.25) is 0 Å². The quantitative estimate of drug-likeness (QED) is 0.945. The zero-order chi connectivity index (χ0) is 15.5. The van der Waals surface area contributed by atoms with Gasteiger partial charge in [-0.2, -0.15) is 0 Å². The largest absolute Gasteiger partial charge is 0.493 e. The average Bonchev–Trinajstić information content (AvgIpc) is 2.72. The van der Waals surface area contributed by atoms with Crippen molar-refractivity contribution in [1.29, 1.82) is 0 Å². The van der Waals surface area contributed by atoms with Crippen LogP contribution < -0.4 is 14.8 Å². The van der Waals surface area contributed by atoms with Gasteiger partial charge in [-0.3, -0.25) is 4.79 Å². The van der Waals surface area contributed by atoms with Crippen molar-refractivity contribution in [2.45, 2.75) is 18.8 Å². The molecule has 0 saturated heterocycles. The molecule has 0 aliphatic carbocycles. The third-order valence-electron chi connectivity index (χ3n) is 4.09. The molecule has 0 aromatic heterocycles. The van der Waals surface area contributed by atoms with Crippen LogP contribution in [0.5, 0.6) is 11.5 Å². The van der Waals surface area contributed by atoms with E-state index in [1.165, 1.54) is 0 Å². The number of methoxy groups -OCH3 is 2. The van der Waals surface area contributed by atoms with E-state index in [4.69, 9.17) is 9.47 Å². The summed E-state index contributed by atoms with van der Waals surface area (Å²) in [5, 5.41) is 3.02. The molecule has 1 heterocycles. The van der Waals surface area contributed by atoms with Crippen LogP contribution in [0.15, 0.2) is 42.5 Å². The molecule has 0 unspecified atom stereocenters. The number of ether oxygens (including phenoxy) is 2. The molecule has 114 valence electrons. The Morgan fingerprint density at radius 2 is 1.73 bits per heavy atom. The molecule has 0 radical (unpaired) electrons. The first-order chi connectivity index (χ1) is 10.7. The minimum Gasteiger partial charge on any atom is -0.493 e. The van der Waals surface area contributed by atoms with Crippen molar-refractivity contribution in [2.75, 3.05) is 19.5 Å². The van der Waals surface area contributed by atoms with Gasteiger partial charge in [0.1, 0.15) is 0 Å². The molecule has 2 aromatic carbocycles. The third-order valence-corrected chi connectivity index (χ3v) is 4.09. The van der Waals surface area contributed by atoms with Crippen molar-refractivity contribution in [1.82, 2.24) is 0 Å². The highest BCUT2D eigenvalue weighted by molar-refractivity contribution is 5.97. The molecule has 2 aromatic rings. The van der Waals surface area contributed by atoms with E-state index in [2.05, 4.69) is 5.32 Å². The van der Waals surface area contributed by atoms with Gasteiger partial charge in [0.15, 0.2) is 11.5 Å². The Labute approximate surface area is 130 Å². The molecule has 4 nitrogen and oxygen atoms in total. The van der Waals surface area contributed by atoms with E-state index in [9.17, 15) is 4.79 Å². The van der Waals surface area contributed by atoms with E-state index < -0.39 is 0 Å². The standard InChI is InChI=1S/C18H19NO3/c1-21-16-10-13-8-9-14(12-6-4-3-5-7-12)18(20)19-15(13)11-17(16)22-2/h3-7,10-11,14H,8-9H2,1-2H3,(H,19,20)/t14-/m0/s1. The Balaban J connectivity index is 1.94. The number of rotatable bonds is 3. The van der Waals surface area contributed by atoms with Crippen molar-refractivity contribution in [2.24, 2.45) is 0 Å². The average molecular weight is 297 g/mol. The lowest BCUT2D eigenvalue weighted by molar-refractivity contribution is -0.117. The zero-order valence-corrected chi connectivity index (χ0v) is 12.8. The van der Waals surface area contributed by atoms with Crippen LogP contribution in [-0.4, -0.2) is 20.1 Å². The molecular weight excluding hydrogens is 278 g/mol. The number of aryl methyl sites for hydroxylation is 1. The smallest absolute Gasteiger partial charge is 0.231 e. The highest BCUT2D eigenvalue weighted by atomic mass is 16.5. The summed E-state index contributed by atoms with van der Waals surface area (Å²) in [6, 6.07) is 13.7. The van der Waals surface area contributed by atoms with Crippen LogP contribution in [0.25, 0.3) is 0 Å². The maximum Gasteiger partial charge on any atom is 0.231 e. The van der Waals surface area contributed by atoms with Gasteiger partial charge in [0.05, 0.1) is 20.1 Å². The summed E-state index contributed by atoms with van der Waals surface area (Å²) in [5.74, 6) is 1.20. The summed E-state index contributed by atoms with van der Waals surface area (Å²) in [5.41, 5.74) is 2.93. The van der Waals surface area contributed by atoms with Gasteiger partial charge in [-0.15, -0.1) is 0 Å². The molecule has 0 saturated carbocycles.